The van der Waals surface area contributed by atoms with Crippen LogP contribution >= 0.6 is 11.6 Å². The van der Waals surface area contributed by atoms with Crippen molar-refractivity contribution in [3.63, 3.8) is 0 Å². The van der Waals surface area contributed by atoms with Crippen LogP contribution in [-0.2, 0) is 9.84 Å². The van der Waals surface area contributed by atoms with Gasteiger partial charge in [0, 0.05) is 6.61 Å². The molecule has 0 aliphatic carbocycles. The molecule has 1 atom stereocenters. The molecule has 21 heavy (non-hydrogen) atoms. The van der Waals surface area contributed by atoms with E-state index in [-0.39, 0.29) is 22.3 Å². The first kappa shape index (κ1) is 18.2. The minimum atomic E-state index is -3.39. The molecule has 0 spiro atoms. The molecular weight excluding hydrogens is 308 g/mol. The molecule has 1 aromatic rings. The number of rotatable bonds is 8. The summed E-state index contributed by atoms with van der Waals surface area (Å²) in [7, 11) is -3.39. The number of allylic oxidation sites excluding steroid dienone is 1. The third kappa shape index (κ3) is 6.20. The molecule has 0 aliphatic rings. The number of aliphatic hydroxyl groups excluding tert-OH is 1. The number of halogens is 1. The van der Waals surface area contributed by atoms with Gasteiger partial charge in [-0.05, 0) is 44.2 Å². The van der Waals surface area contributed by atoms with Gasteiger partial charge in [0.1, 0.15) is 0 Å². The zero-order valence-electron chi connectivity index (χ0n) is 12.5. The van der Waals surface area contributed by atoms with Gasteiger partial charge in [-0.1, -0.05) is 42.3 Å². The van der Waals surface area contributed by atoms with Crippen molar-refractivity contribution in [3.8, 4) is 0 Å². The third-order valence-electron chi connectivity index (χ3n) is 3.36. The van der Waals surface area contributed by atoms with E-state index < -0.39 is 9.84 Å². The Bertz CT molecular complexity index is 579. The summed E-state index contributed by atoms with van der Waals surface area (Å²) in [6.45, 7) is 4.11. The van der Waals surface area contributed by atoms with Crippen molar-refractivity contribution in [2.45, 2.75) is 38.0 Å². The molecule has 0 amide bonds. The van der Waals surface area contributed by atoms with Crippen molar-refractivity contribution in [2.75, 3.05) is 12.4 Å². The second kappa shape index (κ2) is 8.57. The van der Waals surface area contributed by atoms with E-state index in [9.17, 15) is 8.42 Å². The van der Waals surface area contributed by atoms with E-state index in [1.165, 1.54) is 6.07 Å². The maximum atomic E-state index is 12.3. The summed E-state index contributed by atoms with van der Waals surface area (Å²) >= 11 is 5.95. The Balaban J connectivity index is 2.65. The summed E-state index contributed by atoms with van der Waals surface area (Å²) in [5.74, 6) is 0.435. The van der Waals surface area contributed by atoms with Crippen LogP contribution in [0.5, 0.6) is 0 Å². The van der Waals surface area contributed by atoms with Crippen LogP contribution in [0.25, 0.3) is 0 Å². The lowest BCUT2D eigenvalue weighted by Gasteiger charge is -2.09. The van der Waals surface area contributed by atoms with Gasteiger partial charge in [0.15, 0.2) is 9.84 Å². The fraction of sp³-hybridized carbons (Fsp3) is 0.500. The first-order valence-electron chi connectivity index (χ1n) is 7.10. The van der Waals surface area contributed by atoms with E-state index >= 15 is 0 Å². The van der Waals surface area contributed by atoms with Crippen molar-refractivity contribution in [3.05, 3.63) is 40.9 Å². The predicted molar refractivity (Wildman–Crippen MR) is 87.4 cm³/mol. The molecule has 118 valence electrons. The lowest BCUT2D eigenvalue weighted by atomic mass is 10.0. The average Bonchev–Trinajstić information content (AvgIpc) is 2.38. The van der Waals surface area contributed by atoms with E-state index in [0.717, 1.165) is 24.8 Å². The van der Waals surface area contributed by atoms with Crippen LogP contribution in [0.4, 0.5) is 0 Å². The molecule has 0 bridgehead atoms. The number of hydrogen-bond donors (Lipinski definition) is 1. The molecule has 0 saturated heterocycles. The molecule has 5 heteroatoms. The minimum absolute atomic E-state index is 0.00882. The number of aliphatic hydroxyl groups is 1. The predicted octanol–water partition coefficient (Wildman–Crippen LogP) is 3.86. The monoisotopic (exact) mass is 330 g/mol. The Labute approximate surface area is 132 Å². The van der Waals surface area contributed by atoms with Crippen molar-refractivity contribution in [1.82, 2.24) is 0 Å². The highest BCUT2D eigenvalue weighted by Crippen LogP contribution is 2.23. The van der Waals surface area contributed by atoms with Crippen molar-refractivity contribution in [2.24, 2.45) is 5.92 Å². The second-order valence-electron chi connectivity index (χ2n) is 5.43. The van der Waals surface area contributed by atoms with Crippen molar-refractivity contribution < 1.29 is 13.5 Å². The van der Waals surface area contributed by atoms with Crippen LogP contribution in [0.1, 0.15) is 33.1 Å². The Kier molecular flexibility index (Phi) is 7.43. The highest BCUT2D eigenvalue weighted by atomic mass is 35.5. The minimum Gasteiger partial charge on any atom is -0.396 e. The molecule has 0 fully saturated rings. The molecule has 0 aromatic heterocycles. The Morgan fingerprint density at radius 2 is 2.00 bits per heavy atom. The van der Waals surface area contributed by atoms with Gasteiger partial charge in [0.05, 0.1) is 15.7 Å². The summed E-state index contributed by atoms with van der Waals surface area (Å²) in [5, 5.41) is 9.11. The molecule has 1 rings (SSSR count). The maximum Gasteiger partial charge on any atom is 0.183 e. The fourth-order valence-corrected chi connectivity index (χ4v) is 4.12. The number of benzene rings is 1. The summed E-state index contributed by atoms with van der Waals surface area (Å²) < 4.78 is 24.6. The van der Waals surface area contributed by atoms with Crippen LogP contribution in [0, 0.1) is 5.92 Å². The first-order chi connectivity index (χ1) is 9.86. The van der Waals surface area contributed by atoms with Gasteiger partial charge < -0.3 is 5.11 Å². The van der Waals surface area contributed by atoms with Gasteiger partial charge >= 0.3 is 0 Å². The molecule has 0 radical (unpaired) electrons. The zero-order chi connectivity index (χ0) is 15.9. The third-order valence-corrected chi connectivity index (χ3v) is 5.67. The van der Waals surface area contributed by atoms with Crippen molar-refractivity contribution >= 4 is 21.4 Å². The van der Waals surface area contributed by atoms with Crippen LogP contribution in [0.15, 0.2) is 40.8 Å². The molecule has 0 heterocycles. The van der Waals surface area contributed by atoms with E-state index in [4.69, 9.17) is 16.7 Å². The average molecular weight is 331 g/mol. The Morgan fingerprint density at radius 3 is 2.62 bits per heavy atom. The van der Waals surface area contributed by atoms with Gasteiger partial charge in [-0.2, -0.15) is 0 Å². The first-order valence-corrected chi connectivity index (χ1v) is 9.13. The van der Waals surface area contributed by atoms with E-state index in [0.29, 0.717) is 5.92 Å². The molecule has 1 unspecified atom stereocenters. The van der Waals surface area contributed by atoms with Gasteiger partial charge in [-0.15, -0.1) is 0 Å². The number of hydrogen-bond acceptors (Lipinski definition) is 3. The smallest absolute Gasteiger partial charge is 0.183 e. The van der Waals surface area contributed by atoms with Crippen LogP contribution in [0.3, 0.4) is 0 Å². The standard InChI is InChI=1S/C16H23ClO3S/c1-13(10-11-18)6-5-7-14(2)12-21(19,20)16-9-4-3-8-15(16)17/h3-4,7-9,13,18H,5-6,10-12H2,1-2H3. The summed E-state index contributed by atoms with van der Waals surface area (Å²) in [6, 6.07) is 6.51. The molecule has 1 aromatic carbocycles. The van der Waals surface area contributed by atoms with E-state index in [2.05, 4.69) is 6.92 Å². The summed E-state index contributed by atoms with van der Waals surface area (Å²) in [6.07, 6.45) is 4.52. The Morgan fingerprint density at radius 1 is 1.33 bits per heavy atom. The highest BCUT2D eigenvalue weighted by molar-refractivity contribution is 7.91. The molecule has 0 saturated carbocycles. The fourth-order valence-electron chi connectivity index (χ4n) is 2.11. The van der Waals surface area contributed by atoms with Crippen LogP contribution < -0.4 is 0 Å². The highest BCUT2D eigenvalue weighted by Gasteiger charge is 2.17. The topological polar surface area (TPSA) is 54.4 Å². The molecule has 1 N–H and O–H groups in total. The second-order valence-corrected chi connectivity index (χ2v) is 7.80. The Hall–Kier alpha value is -0.840. The maximum absolute atomic E-state index is 12.3. The largest absolute Gasteiger partial charge is 0.396 e. The molecule has 0 aliphatic heterocycles. The quantitative estimate of drug-likeness (QED) is 0.736. The lowest BCUT2D eigenvalue weighted by Crippen LogP contribution is -2.08. The van der Waals surface area contributed by atoms with Crippen LogP contribution in [0.2, 0.25) is 5.02 Å². The van der Waals surface area contributed by atoms with E-state index in [1.807, 2.05) is 13.0 Å². The van der Waals surface area contributed by atoms with Crippen LogP contribution in [-0.4, -0.2) is 25.9 Å². The summed E-state index contributed by atoms with van der Waals surface area (Å²) in [4.78, 5) is 0.188. The normalized spacial score (nSPS) is 14.2. The molecular formula is C16H23ClO3S. The summed E-state index contributed by atoms with van der Waals surface area (Å²) in [5.41, 5.74) is 0.825. The van der Waals surface area contributed by atoms with Crippen molar-refractivity contribution in [1.29, 1.82) is 0 Å². The lowest BCUT2D eigenvalue weighted by molar-refractivity contribution is 0.259. The molecule has 3 nitrogen and oxygen atoms in total. The number of sulfone groups is 1. The zero-order valence-corrected chi connectivity index (χ0v) is 14.1. The van der Waals surface area contributed by atoms with Gasteiger partial charge in [-0.25, -0.2) is 8.42 Å². The van der Waals surface area contributed by atoms with Gasteiger partial charge in [0.2, 0.25) is 0 Å². The van der Waals surface area contributed by atoms with Gasteiger partial charge in [-0.3, -0.25) is 0 Å². The SMILES string of the molecule is CC(=CCCC(C)CCO)CS(=O)(=O)c1ccccc1Cl. The van der Waals surface area contributed by atoms with Gasteiger partial charge in [0.25, 0.3) is 0 Å². The van der Waals surface area contributed by atoms with E-state index in [1.54, 1.807) is 18.2 Å².